The maximum absolute atomic E-state index is 12.9. The van der Waals surface area contributed by atoms with Crippen molar-refractivity contribution in [3.63, 3.8) is 0 Å². The molecule has 1 N–H and O–H groups in total. The lowest BCUT2D eigenvalue weighted by Gasteiger charge is -2.12. The Bertz CT molecular complexity index is 1210. The van der Waals surface area contributed by atoms with Gasteiger partial charge in [-0.05, 0) is 44.9 Å². The maximum atomic E-state index is 12.9. The van der Waals surface area contributed by atoms with Crippen LogP contribution in [0.5, 0.6) is 5.75 Å². The molecular formula is C19H11BrCl2N2O2S. The van der Waals surface area contributed by atoms with Crippen LogP contribution in [0.1, 0.15) is 10.4 Å². The van der Waals surface area contributed by atoms with Crippen molar-refractivity contribution in [3.05, 3.63) is 62.5 Å². The summed E-state index contributed by atoms with van der Waals surface area (Å²) in [7, 11) is 1.53. The normalized spacial score (nSPS) is 11.1. The first kappa shape index (κ1) is 18.5. The molecule has 0 aliphatic heterocycles. The van der Waals surface area contributed by atoms with Gasteiger partial charge in [0.15, 0.2) is 5.13 Å². The number of halogens is 3. The zero-order valence-corrected chi connectivity index (χ0v) is 17.8. The van der Waals surface area contributed by atoms with Crippen molar-refractivity contribution in [1.29, 1.82) is 0 Å². The number of carbonyl (C=O) groups is 1. The number of hydrogen-bond acceptors (Lipinski definition) is 4. The van der Waals surface area contributed by atoms with Crippen molar-refractivity contribution in [2.24, 2.45) is 0 Å². The number of benzene rings is 3. The van der Waals surface area contributed by atoms with Crippen LogP contribution < -0.4 is 10.1 Å². The summed E-state index contributed by atoms with van der Waals surface area (Å²) in [6, 6.07) is 13.1. The lowest BCUT2D eigenvalue weighted by molar-refractivity contribution is 0.102. The standard InChI is InChI=1S/C19H11BrCl2N2O2S/c1-26-17-11(8-9-4-2-3-5-10(9)14(17)20)18(25)24-19-23-16-13(27-19)7-6-12(21)15(16)22/h2-8H,1H3,(H,23,24,25). The number of methoxy groups -OCH3 is 1. The Kier molecular flexibility index (Phi) is 4.99. The molecule has 4 nitrogen and oxygen atoms in total. The quantitative estimate of drug-likeness (QED) is 0.350. The summed E-state index contributed by atoms with van der Waals surface area (Å²) in [6.45, 7) is 0. The highest BCUT2D eigenvalue weighted by molar-refractivity contribution is 9.10. The highest BCUT2D eigenvalue weighted by Gasteiger charge is 2.20. The van der Waals surface area contributed by atoms with Crippen LogP contribution in [0.4, 0.5) is 5.13 Å². The maximum Gasteiger partial charge on any atom is 0.261 e. The average molecular weight is 482 g/mol. The zero-order valence-electron chi connectivity index (χ0n) is 13.8. The average Bonchev–Trinajstić information content (AvgIpc) is 3.08. The number of anilines is 1. The predicted molar refractivity (Wildman–Crippen MR) is 116 cm³/mol. The monoisotopic (exact) mass is 480 g/mol. The van der Waals surface area contributed by atoms with E-state index < -0.39 is 0 Å². The number of fused-ring (bicyclic) bond motifs is 2. The van der Waals surface area contributed by atoms with Crippen molar-refractivity contribution in [1.82, 2.24) is 4.98 Å². The van der Waals surface area contributed by atoms with E-state index >= 15 is 0 Å². The number of nitrogens with zero attached hydrogens (tertiary/aromatic N) is 1. The Hall–Kier alpha value is -1.86. The van der Waals surface area contributed by atoms with Gasteiger partial charge in [0, 0.05) is 0 Å². The number of aromatic nitrogens is 1. The first-order valence-electron chi connectivity index (χ1n) is 7.80. The molecule has 3 aromatic carbocycles. The minimum atomic E-state index is -0.320. The Balaban J connectivity index is 1.76. The Morgan fingerprint density at radius 2 is 2.00 bits per heavy atom. The summed E-state index contributed by atoms with van der Waals surface area (Å²) in [6.07, 6.45) is 0. The molecule has 0 spiro atoms. The highest BCUT2D eigenvalue weighted by atomic mass is 79.9. The molecule has 4 rings (SSSR count). The van der Waals surface area contributed by atoms with Gasteiger partial charge in [0.2, 0.25) is 0 Å². The van der Waals surface area contributed by atoms with Crippen LogP contribution in [0, 0.1) is 0 Å². The number of ether oxygens (including phenoxy) is 1. The van der Waals surface area contributed by atoms with E-state index in [-0.39, 0.29) is 5.91 Å². The number of carbonyl (C=O) groups excluding carboxylic acids is 1. The van der Waals surface area contributed by atoms with Crippen LogP contribution in [0.3, 0.4) is 0 Å². The van der Waals surface area contributed by atoms with Crippen LogP contribution in [0.2, 0.25) is 10.0 Å². The molecule has 1 aromatic heterocycles. The third-order valence-electron chi connectivity index (χ3n) is 4.06. The number of thiazole rings is 1. The van der Waals surface area contributed by atoms with Gasteiger partial charge in [0.1, 0.15) is 11.3 Å². The lowest BCUT2D eigenvalue weighted by Crippen LogP contribution is -2.13. The number of rotatable bonds is 3. The summed E-state index contributed by atoms with van der Waals surface area (Å²) in [5.41, 5.74) is 0.975. The van der Waals surface area contributed by atoms with E-state index in [2.05, 4.69) is 26.2 Å². The smallest absolute Gasteiger partial charge is 0.261 e. The second-order valence-electron chi connectivity index (χ2n) is 5.67. The van der Waals surface area contributed by atoms with Gasteiger partial charge in [-0.25, -0.2) is 4.98 Å². The molecule has 0 aliphatic rings. The van der Waals surface area contributed by atoms with E-state index in [4.69, 9.17) is 27.9 Å². The molecule has 27 heavy (non-hydrogen) atoms. The zero-order chi connectivity index (χ0) is 19.1. The number of amides is 1. The van der Waals surface area contributed by atoms with Crippen molar-refractivity contribution in [2.45, 2.75) is 0 Å². The van der Waals surface area contributed by atoms with Crippen molar-refractivity contribution in [3.8, 4) is 5.75 Å². The SMILES string of the molecule is COc1c(C(=O)Nc2nc3c(Cl)c(Cl)ccc3s2)cc2ccccc2c1Br. The second-order valence-corrected chi connectivity index (χ2v) is 8.28. The van der Waals surface area contributed by atoms with Crippen LogP contribution in [-0.2, 0) is 0 Å². The molecule has 1 amide bonds. The second kappa shape index (κ2) is 7.28. The van der Waals surface area contributed by atoms with Gasteiger partial charge in [-0.15, -0.1) is 0 Å². The highest BCUT2D eigenvalue weighted by Crippen LogP contribution is 2.38. The number of nitrogens with one attached hydrogen (secondary N) is 1. The Morgan fingerprint density at radius 1 is 1.22 bits per heavy atom. The first-order valence-corrected chi connectivity index (χ1v) is 10.2. The summed E-state index contributed by atoms with van der Waals surface area (Å²) in [5.74, 6) is 0.146. The van der Waals surface area contributed by atoms with Gasteiger partial charge in [-0.3, -0.25) is 10.1 Å². The molecule has 0 bridgehead atoms. The predicted octanol–water partition coefficient (Wildman–Crippen LogP) is 6.78. The molecule has 0 saturated carbocycles. The van der Waals surface area contributed by atoms with Gasteiger partial charge < -0.3 is 4.74 Å². The Labute approximate surface area is 177 Å². The summed E-state index contributed by atoms with van der Waals surface area (Å²) < 4.78 is 7.04. The van der Waals surface area contributed by atoms with Crippen molar-refractivity contribution in [2.75, 3.05) is 12.4 Å². The van der Waals surface area contributed by atoms with Crippen LogP contribution in [0.25, 0.3) is 21.0 Å². The van der Waals surface area contributed by atoms with Crippen molar-refractivity contribution >= 4 is 82.5 Å². The fraction of sp³-hybridized carbons (Fsp3) is 0.0526. The van der Waals surface area contributed by atoms with Crippen LogP contribution in [0.15, 0.2) is 46.9 Å². The van der Waals surface area contributed by atoms with Crippen LogP contribution in [-0.4, -0.2) is 18.0 Å². The third-order valence-corrected chi connectivity index (χ3v) is 6.58. The molecule has 0 aliphatic carbocycles. The third kappa shape index (κ3) is 3.27. The minimum absolute atomic E-state index is 0.320. The van der Waals surface area contributed by atoms with Gasteiger partial charge >= 0.3 is 0 Å². The molecular weight excluding hydrogens is 471 g/mol. The molecule has 0 unspecified atom stereocenters. The van der Waals surface area contributed by atoms with Crippen LogP contribution >= 0.6 is 50.5 Å². The topological polar surface area (TPSA) is 51.2 Å². The van der Waals surface area contributed by atoms with E-state index in [1.807, 2.05) is 30.3 Å². The first-order chi connectivity index (χ1) is 13.0. The molecule has 4 aromatic rings. The lowest BCUT2D eigenvalue weighted by atomic mass is 10.1. The summed E-state index contributed by atoms with van der Waals surface area (Å²) in [5, 5.41) is 5.95. The fourth-order valence-electron chi connectivity index (χ4n) is 2.81. The van der Waals surface area contributed by atoms with E-state index in [9.17, 15) is 4.79 Å². The molecule has 0 fully saturated rings. The molecule has 0 radical (unpaired) electrons. The van der Waals surface area contributed by atoms with E-state index in [1.54, 1.807) is 12.1 Å². The fourth-order valence-corrected chi connectivity index (χ4v) is 4.83. The van der Waals surface area contributed by atoms with Gasteiger partial charge in [0.05, 0.1) is 31.9 Å². The minimum Gasteiger partial charge on any atom is -0.495 e. The summed E-state index contributed by atoms with van der Waals surface area (Å²) in [4.78, 5) is 17.3. The molecule has 0 saturated heterocycles. The molecule has 0 atom stereocenters. The number of hydrogen-bond donors (Lipinski definition) is 1. The largest absolute Gasteiger partial charge is 0.495 e. The van der Waals surface area contributed by atoms with Gasteiger partial charge in [-0.2, -0.15) is 0 Å². The molecule has 136 valence electrons. The van der Waals surface area contributed by atoms with Gasteiger partial charge in [0.25, 0.3) is 5.91 Å². The summed E-state index contributed by atoms with van der Waals surface area (Å²) >= 11 is 17.1. The van der Waals surface area contributed by atoms with E-state index in [0.29, 0.717) is 32.0 Å². The van der Waals surface area contributed by atoms with Gasteiger partial charge in [-0.1, -0.05) is 58.8 Å². The van der Waals surface area contributed by atoms with Crippen molar-refractivity contribution < 1.29 is 9.53 Å². The molecule has 1 heterocycles. The Morgan fingerprint density at radius 3 is 2.78 bits per heavy atom. The van der Waals surface area contributed by atoms with E-state index in [1.165, 1.54) is 18.4 Å². The molecule has 8 heteroatoms. The van der Waals surface area contributed by atoms with E-state index in [0.717, 1.165) is 19.9 Å².